The van der Waals surface area contributed by atoms with Gasteiger partial charge in [0.2, 0.25) is 0 Å². The van der Waals surface area contributed by atoms with Crippen molar-refractivity contribution in [2.24, 2.45) is 5.73 Å². The number of hydroxylamine groups is 2. The van der Waals surface area contributed by atoms with Crippen LogP contribution in [-0.4, -0.2) is 111 Å². The molecule has 0 bridgehead atoms. The zero-order chi connectivity index (χ0) is 88.1. The molecule has 1 fully saturated rings. The predicted octanol–water partition coefficient (Wildman–Crippen LogP) is 24.9. The van der Waals surface area contributed by atoms with Gasteiger partial charge < -0.3 is 73.8 Å². The summed E-state index contributed by atoms with van der Waals surface area (Å²) in [6, 6.07) is 48.7. The number of quaternary nitrogens is 1. The smallest absolute Gasteiger partial charge is 0.408 e. The average molecular weight is 2200 g/mol. The Morgan fingerprint density at radius 3 is 0.894 bits per heavy atom. The molecule has 675 valence electrons. The minimum atomic E-state index is -1.35. The van der Waals surface area contributed by atoms with E-state index in [1.807, 2.05) is 120 Å². The summed E-state index contributed by atoms with van der Waals surface area (Å²) in [4.78, 5) is 89.3. The molecule has 25 heteroatoms. The molecule has 4 aliphatic carbocycles. The van der Waals surface area contributed by atoms with E-state index < -0.39 is 58.3 Å². The number of hydrogen-bond donors (Lipinski definition) is 9. The Kier molecular flexibility index (Phi) is 55.6. The number of hydrogen-bond acceptors (Lipinski definition) is 12. The number of nitrogens with two attached hydrogens (primary N) is 1. The van der Waals surface area contributed by atoms with Gasteiger partial charge in [-0.1, -0.05) is 329 Å². The van der Waals surface area contributed by atoms with E-state index in [1.54, 1.807) is 27.7 Å². The van der Waals surface area contributed by atoms with Crippen molar-refractivity contribution in [1.29, 1.82) is 0 Å². The van der Waals surface area contributed by atoms with Gasteiger partial charge in [0, 0.05) is 49.2 Å². The molecule has 1 unspecified atom stereocenters. The second-order valence-corrected chi connectivity index (χ2v) is 42.8. The number of amides is 4. The normalized spacial score (nSPS) is 14.6. The third-order valence-electron chi connectivity index (χ3n) is 22.7. The molecular weight excluding hydrogens is 2070 g/mol. The average Bonchev–Trinajstić information content (AvgIpc) is 1.64. The number of carbonyl (C=O) groups excluding carboxylic acids is 4. The first-order valence-corrected chi connectivity index (χ1v) is 47.5. The number of benzene rings is 6. The van der Waals surface area contributed by atoms with E-state index in [0.717, 1.165) is 216 Å². The molecule has 6 aromatic carbocycles. The fourth-order valence-electron chi connectivity index (χ4n) is 15.7. The summed E-state index contributed by atoms with van der Waals surface area (Å²) in [6.07, 6.45) is 31.5. The number of halogens is 5. The largest absolute Gasteiger partial charge is 0.480 e. The number of alkyl carbamates (subject to hydrolysis) is 3. The van der Waals surface area contributed by atoms with Crippen molar-refractivity contribution in [3.8, 4) is 33.4 Å². The Labute approximate surface area is 805 Å². The monoisotopic (exact) mass is 2200 g/mol. The maximum absolute atomic E-state index is 13.6. The number of unbranched alkanes of at least 4 members (excludes halogenated alkanes) is 16. The standard InChI is InChI=1S/C32H42N2O4.2C26H31NO4.C11H21NO2.CHI3.CH2I.CH4.ClH.V/c1-3-4-5-6-7-15-22-32(2,30(35)34(37)24-16-9-8-10-17-24)33-31(36)38-23-29-27-20-13-11-18-25(27)26-19-12-14-21-28(26)29;2*1-3-4-5-6-7-12-17-26(2,24(28)29)27-25(30)31-18-23-21-15-10-8-13-19(21)20-14-9-11-16-22(20)23;1-3-4-5-6-7-8-9-11(2,12)10(13)14;2-1(3)4;1-2;;;/h3,11-14,18-21,24,29,37H,1,4-10,15-17,22-23H2,2H3,(H,33,36);2*3,8-11,13-16,23H,1,4-7,12,17-18H2,2H3,(H,27,30)(H,28,29);3H,1,4-9,12H2,2H3,(H,13,14);1H;1H2;1H4;1H;/q;;;;;-1;;;/p+1/t32-;2*26-;11-;;;;;/m1111...../s1. The van der Waals surface area contributed by atoms with Crippen molar-refractivity contribution in [2.45, 2.75) is 267 Å². The number of fused-ring (bicyclic) bond motifs is 9. The van der Waals surface area contributed by atoms with Crippen LogP contribution in [0.3, 0.4) is 0 Å². The first-order chi connectivity index (χ1) is 57.6. The van der Waals surface area contributed by atoms with E-state index in [1.165, 1.54) is 11.1 Å². The zero-order valence-corrected chi connectivity index (χ0v) is 82.4. The van der Waals surface area contributed by atoms with Gasteiger partial charge in [-0.3, -0.25) is 9.73 Å². The van der Waals surface area contributed by atoms with E-state index in [2.05, 4.69) is 188 Å². The SMILES string of the molecule is C.C=CCCCCCC[C@@](C)(N)C(=O)O.C=CCCCCCC[C@@](C)(NC(=O)OCC1c2ccccc2-c2ccccc21)C(=O)O.C=CCCCCCC[C@@](C)(NC(=O)OCC1c2ccccc2-c2ccccc21)C(=O)O.C=CCCCCCC[C@@](C)(NC(=O)OCC1c2ccccc2-c2ccccc21)C(=O)[NH+](O)C1CCCCC1.Cl.IC(I)I.[CH2-]I.[V]. The minimum absolute atomic E-state index is 0. The topological polar surface area (TPSA) is 295 Å². The van der Waals surface area contributed by atoms with Gasteiger partial charge in [0.15, 0.2) is 5.54 Å². The van der Waals surface area contributed by atoms with Crippen LogP contribution in [0.5, 0.6) is 0 Å². The number of alkyl halides is 3. The van der Waals surface area contributed by atoms with Crippen LogP contribution in [0.1, 0.15) is 272 Å². The Morgan fingerprint density at radius 2 is 0.650 bits per heavy atom. The summed E-state index contributed by atoms with van der Waals surface area (Å²) < 4.78 is 17.6. The van der Waals surface area contributed by atoms with Gasteiger partial charge in [0.05, 0.1) is 0 Å². The molecule has 0 aromatic heterocycles. The Balaban J connectivity index is 0.000000559. The van der Waals surface area contributed by atoms with Crippen molar-refractivity contribution < 1.29 is 91.9 Å². The molecule has 0 heterocycles. The van der Waals surface area contributed by atoms with Crippen LogP contribution in [-0.2, 0) is 51.9 Å². The first-order valence-electron chi connectivity index (χ1n) is 42.2. The van der Waals surface area contributed by atoms with E-state index in [9.17, 15) is 49.0 Å². The molecule has 123 heavy (non-hydrogen) atoms. The molecular formula is C98H134ClI4N5O14V. The molecule has 4 amide bonds. The summed E-state index contributed by atoms with van der Waals surface area (Å²) in [5.41, 5.74) is 14.3. The molecule has 0 aliphatic heterocycles. The fourth-order valence-corrected chi connectivity index (χ4v) is 15.7. The third kappa shape index (κ3) is 36.9. The second kappa shape index (κ2) is 60.6. The molecule has 0 saturated heterocycles. The van der Waals surface area contributed by atoms with Crippen LogP contribution >= 0.6 is 103 Å². The molecule has 6 aromatic rings. The summed E-state index contributed by atoms with van der Waals surface area (Å²) >= 11 is 8.85. The van der Waals surface area contributed by atoms with E-state index in [-0.39, 0.29) is 93.0 Å². The van der Waals surface area contributed by atoms with Crippen LogP contribution in [0, 0.1) is 4.93 Å². The van der Waals surface area contributed by atoms with Gasteiger partial charge >= 0.3 is 42.1 Å². The Morgan fingerprint density at radius 1 is 0.423 bits per heavy atom. The van der Waals surface area contributed by atoms with Gasteiger partial charge in [0.1, 0.15) is 42.4 Å². The number of nitrogens with one attached hydrogen (secondary N) is 4. The number of ether oxygens (including phenoxy) is 3. The van der Waals surface area contributed by atoms with Gasteiger partial charge in [-0.25, -0.2) is 34.0 Å². The van der Waals surface area contributed by atoms with Crippen molar-refractivity contribution >= 4 is 145 Å². The van der Waals surface area contributed by atoms with E-state index in [0.29, 0.717) is 25.7 Å². The van der Waals surface area contributed by atoms with Crippen LogP contribution in [0.25, 0.3) is 33.4 Å². The van der Waals surface area contributed by atoms with Crippen molar-refractivity contribution in [3.63, 3.8) is 0 Å². The summed E-state index contributed by atoms with van der Waals surface area (Å²) in [5.74, 6) is -3.55. The second-order valence-electron chi connectivity index (χ2n) is 31.9. The number of carbonyl (C=O) groups is 7. The number of carboxylic acid groups (broad SMARTS) is 3. The Bertz CT molecular complexity index is 3950. The Hall–Kier alpha value is -6.16. The zero-order valence-electron chi connectivity index (χ0n) is 71.5. The summed E-state index contributed by atoms with van der Waals surface area (Å²) in [7, 11) is 0. The molecule has 1 saturated carbocycles. The number of rotatable bonds is 42. The van der Waals surface area contributed by atoms with Crippen LogP contribution in [0.4, 0.5) is 14.4 Å². The summed E-state index contributed by atoms with van der Waals surface area (Å²) in [5, 5.41) is 47.0. The maximum atomic E-state index is 13.6. The quantitative estimate of drug-likeness (QED) is 0.00252. The van der Waals surface area contributed by atoms with Crippen molar-refractivity contribution in [3.05, 3.63) is 235 Å². The van der Waals surface area contributed by atoms with Gasteiger partial charge in [-0.2, -0.15) is 0 Å². The number of aliphatic carboxylic acids is 3. The van der Waals surface area contributed by atoms with Crippen molar-refractivity contribution in [2.75, 3.05) is 19.8 Å². The first kappa shape index (κ1) is 113. The molecule has 19 nitrogen and oxygen atoms in total. The summed E-state index contributed by atoms with van der Waals surface area (Å²) in [6.45, 7) is 21.7. The van der Waals surface area contributed by atoms with Gasteiger partial charge in [0.25, 0.3) is 0 Å². The molecule has 5 atom stereocenters. The van der Waals surface area contributed by atoms with Crippen LogP contribution < -0.4 is 26.7 Å². The van der Waals surface area contributed by atoms with Crippen LogP contribution in [0.2, 0.25) is 0 Å². The molecule has 10 N–H and O–H groups in total. The van der Waals surface area contributed by atoms with Crippen molar-refractivity contribution in [1.82, 2.24) is 16.0 Å². The third-order valence-corrected chi connectivity index (χ3v) is 22.7. The number of allylic oxidation sites excluding steroid dienone is 4. The minimum Gasteiger partial charge on any atom is -0.480 e. The van der Waals surface area contributed by atoms with E-state index in [4.69, 9.17) is 25.1 Å². The van der Waals surface area contributed by atoms with Gasteiger partial charge in [-0.15, -0.1) is 43.8 Å². The van der Waals surface area contributed by atoms with E-state index >= 15 is 0 Å². The molecule has 1 radical (unpaired) electrons. The maximum Gasteiger partial charge on any atom is 0.408 e. The van der Waals surface area contributed by atoms with Crippen LogP contribution in [0.15, 0.2) is 196 Å². The molecule has 10 rings (SSSR count). The fraction of sp³-hybridized carbons (Fsp3) is 0.469. The number of carboxylic acids is 3. The molecule has 4 aliphatic rings. The van der Waals surface area contributed by atoms with Gasteiger partial charge in [-0.05, 0) is 184 Å². The predicted molar refractivity (Wildman–Crippen MR) is 531 cm³/mol. The molecule has 0 spiro atoms.